The van der Waals surface area contributed by atoms with Crippen molar-refractivity contribution in [1.82, 2.24) is 10.3 Å². The summed E-state index contributed by atoms with van der Waals surface area (Å²) in [6.45, 7) is 10.2. The van der Waals surface area contributed by atoms with Gasteiger partial charge in [-0.05, 0) is 56.2 Å². The highest BCUT2D eigenvalue weighted by atomic mass is 16.4. The Morgan fingerprint density at radius 3 is 2.59 bits per heavy atom. The minimum absolute atomic E-state index is 0.0192. The maximum atomic E-state index is 12.4. The summed E-state index contributed by atoms with van der Waals surface area (Å²) < 4.78 is 5.89. The number of carbonyl (C=O) groups is 1. The first-order valence-electron chi connectivity index (χ1n) is 10.1. The van der Waals surface area contributed by atoms with Crippen molar-refractivity contribution in [2.45, 2.75) is 84.6 Å². The molecule has 0 saturated carbocycles. The van der Waals surface area contributed by atoms with E-state index in [1.54, 1.807) is 0 Å². The monoisotopic (exact) mass is 368 g/mol. The second-order valence-electron chi connectivity index (χ2n) is 8.80. The summed E-state index contributed by atoms with van der Waals surface area (Å²) in [5.41, 5.74) is 4.88. The Hall–Kier alpha value is -2.10. The largest absolute Gasteiger partial charge is 0.445 e. The van der Waals surface area contributed by atoms with Gasteiger partial charge in [-0.1, -0.05) is 39.0 Å². The van der Waals surface area contributed by atoms with E-state index in [1.165, 1.54) is 36.0 Å². The smallest absolute Gasteiger partial charge is 0.220 e. The number of hydrogen-bond acceptors (Lipinski definition) is 3. The summed E-state index contributed by atoms with van der Waals surface area (Å²) in [6.07, 6.45) is 5.89. The van der Waals surface area contributed by atoms with Gasteiger partial charge in [0.05, 0.1) is 11.7 Å². The second-order valence-corrected chi connectivity index (χ2v) is 8.80. The van der Waals surface area contributed by atoms with Crippen molar-refractivity contribution in [2.75, 3.05) is 0 Å². The van der Waals surface area contributed by atoms with Gasteiger partial charge in [-0.3, -0.25) is 4.79 Å². The van der Waals surface area contributed by atoms with Gasteiger partial charge in [0.2, 0.25) is 5.91 Å². The van der Waals surface area contributed by atoms with E-state index in [4.69, 9.17) is 4.42 Å². The molecule has 1 aliphatic carbocycles. The molecule has 0 aliphatic heterocycles. The molecule has 4 nitrogen and oxygen atoms in total. The van der Waals surface area contributed by atoms with Gasteiger partial charge in [-0.2, -0.15) is 0 Å². The molecule has 0 saturated heterocycles. The minimum Gasteiger partial charge on any atom is -0.445 e. The first kappa shape index (κ1) is 19.7. The van der Waals surface area contributed by atoms with Gasteiger partial charge in [0.25, 0.3) is 0 Å². The molecule has 0 fully saturated rings. The van der Waals surface area contributed by atoms with Gasteiger partial charge in [-0.25, -0.2) is 4.98 Å². The van der Waals surface area contributed by atoms with E-state index in [0.717, 1.165) is 23.8 Å². The summed E-state index contributed by atoms with van der Waals surface area (Å²) in [6, 6.07) is 6.69. The molecule has 1 aromatic carbocycles. The number of fused-ring (bicyclic) bond motifs is 1. The van der Waals surface area contributed by atoms with E-state index in [2.05, 4.69) is 56.2 Å². The summed E-state index contributed by atoms with van der Waals surface area (Å²) in [7, 11) is 0. The lowest BCUT2D eigenvalue weighted by atomic mass is 9.89. The van der Waals surface area contributed by atoms with Crippen LogP contribution in [0, 0.1) is 6.92 Å². The zero-order valence-electron chi connectivity index (χ0n) is 17.3. The number of nitrogens with zero attached hydrogens (tertiary/aromatic N) is 1. The second kappa shape index (κ2) is 7.87. The van der Waals surface area contributed by atoms with Crippen molar-refractivity contribution >= 4 is 5.91 Å². The van der Waals surface area contributed by atoms with Crippen LogP contribution in [0.25, 0.3) is 0 Å². The van der Waals surface area contributed by atoms with Crippen LogP contribution in [-0.2, 0) is 29.5 Å². The highest BCUT2D eigenvalue weighted by Gasteiger charge is 2.22. The average molecular weight is 369 g/mol. The van der Waals surface area contributed by atoms with Gasteiger partial charge in [0.15, 0.2) is 5.89 Å². The van der Waals surface area contributed by atoms with Gasteiger partial charge in [-0.15, -0.1) is 0 Å². The van der Waals surface area contributed by atoms with Crippen molar-refractivity contribution in [3.05, 3.63) is 52.2 Å². The molecule has 27 heavy (non-hydrogen) atoms. The molecule has 0 spiro atoms. The molecule has 2 aromatic rings. The summed E-state index contributed by atoms with van der Waals surface area (Å²) >= 11 is 0. The Labute approximate surface area is 162 Å². The first-order valence-corrected chi connectivity index (χ1v) is 10.1. The number of aryl methyl sites for hydroxylation is 4. The van der Waals surface area contributed by atoms with E-state index in [9.17, 15) is 4.79 Å². The Morgan fingerprint density at radius 1 is 1.22 bits per heavy atom. The van der Waals surface area contributed by atoms with Crippen LogP contribution in [0.3, 0.4) is 0 Å². The maximum Gasteiger partial charge on any atom is 0.220 e. The van der Waals surface area contributed by atoms with Crippen molar-refractivity contribution in [1.29, 1.82) is 0 Å². The molecule has 0 radical (unpaired) electrons. The van der Waals surface area contributed by atoms with Crippen molar-refractivity contribution in [3.63, 3.8) is 0 Å². The van der Waals surface area contributed by atoms with E-state index in [1.807, 2.05) is 6.92 Å². The van der Waals surface area contributed by atoms with Crippen molar-refractivity contribution in [2.24, 2.45) is 0 Å². The molecule has 3 rings (SSSR count). The van der Waals surface area contributed by atoms with E-state index in [0.29, 0.717) is 12.8 Å². The van der Waals surface area contributed by atoms with Gasteiger partial charge >= 0.3 is 0 Å². The molecule has 1 aliphatic rings. The number of aromatic nitrogens is 1. The third-order valence-corrected chi connectivity index (χ3v) is 5.36. The van der Waals surface area contributed by atoms with E-state index >= 15 is 0 Å². The molecule has 1 atom stereocenters. The predicted octanol–water partition coefficient (Wildman–Crippen LogP) is 4.97. The van der Waals surface area contributed by atoms with Gasteiger partial charge < -0.3 is 9.73 Å². The molecule has 146 valence electrons. The van der Waals surface area contributed by atoms with Crippen LogP contribution in [0.1, 0.15) is 87.0 Å². The SMILES string of the molecule is Cc1nc(C(C)(C)C)oc1CCC(=O)NC(C)c1ccc2c(c1)CCCC2. The molecule has 1 amide bonds. The standard InChI is InChI=1S/C23H32N2O2/c1-15(18-11-10-17-8-6-7-9-19(17)14-18)24-21(26)13-12-20-16(2)25-22(27-20)23(3,4)5/h10-11,14-15H,6-9,12-13H2,1-5H3,(H,24,26). The van der Waals surface area contributed by atoms with Crippen molar-refractivity contribution in [3.8, 4) is 0 Å². The molecule has 0 bridgehead atoms. The Bertz CT molecular complexity index is 814. The van der Waals surface area contributed by atoms with Crippen LogP contribution >= 0.6 is 0 Å². The quantitative estimate of drug-likeness (QED) is 0.811. The third-order valence-electron chi connectivity index (χ3n) is 5.36. The fourth-order valence-corrected chi connectivity index (χ4v) is 3.63. The third kappa shape index (κ3) is 4.79. The number of nitrogens with one attached hydrogen (secondary N) is 1. The number of rotatable bonds is 5. The zero-order chi connectivity index (χ0) is 19.6. The normalized spacial score (nSPS) is 15.3. The molecular weight excluding hydrogens is 336 g/mol. The van der Waals surface area contributed by atoms with Crippen LogP contribution in [0.15, 0.2) is 22.6 Å². The summed E-state index contributed by atoms with van der Waals surface area (Å²) in [5, 5.41) is 3.13. The van der Waals surface area contributed by atoms with Gasteiger partial charge in [0, 0.05) is 18.3 Å². The minimum atomic E-state index is -0.119. The Kier molecular flexibility index (Phi) is 5.73. The lowest BCUT2D eigenvalue weighted by molar-refractivity contribution is -0.121. The number of oxazole rings is 1. The van der Waals surface area contributed by atoms with E-state index in [-0.39, 0.29) is 17.4 Å². The van der Waals surface area contributed by atoms with Crippen LogP contribution in [0.2, 0.25) is 0 Å². The van der Waals surface area contributed by atoms with Gasteiger partial charge in [0.1, 0.15) is 5.76 Å². The fraction of sp³-hybridized carbons (Fsp3) is 0.565. The van der Waals surface area contributed by atoms with Crippen molar-refractivity contribution < 1.29 is 9.21 Å². The number of benzene rings is 1. The topological polar surface area (TPSA) is 55.1 Å². The van der Waals surface area contributed by atoms with Crippen LogP contribution < -0.4 is 5.32 Å². The summed E-state index contributed by atoms with van der Waals surface area (Å²) in [4.78, 5) is 16.9. The highest BCUT2D eigenvalue weighted by Crippen LogP contribution is 2.26. The van der Waals surface area contributed by atoms with Crippen LogP contribution in [-0.4, -0.2) is 10.9 Å². The molecule has 1 heterocycles. The van der Waals surface area contributed by atoms with E-state index < -0.39 is 0 Å². The fourth-order valence-electron chi connectivity index (χ4n) is 3.63. The zero-order valence-corrected chi connectivity index (χ0v) is 17.3. The summed E-state index contributed by atoms with van der Waals surface area (Å²) in [5.74, 6) is 1.60. The highest BCUT2D eigenvalue weighted by molar-refractivity contribution is 5.76. The lowest BCUT2D eigenvalue weighted by Crippen LogP contribution is -2.27. The predicted molar refractivity (Wildman–Crippen MR) is 108 cm³/mol. The first-order chi connectivity index (χ1) is 12.7. The molecule has 1 N–H and O–H groups in total. The Morgan fingerprint density at radius 2 is 1.93 bits per heavy atom. The molecule has 4 heteroatoms. The number of carbonyl (C=O) groups excluding carboxylic acids is 1. The number of amides is 1. The lowest BCUT2D eigenvalue weighted by Gasteiger charge is -2.20. The average Bonchev–Trinajstić information content (AvgIpc) is 3.00. The number of hydrogen-bond donors (Lipinski definition) is 1. The molecular formula is C23H32N2O2. The van der Waals surface area contributed by atoms with Crippen LogP contribution in [0.4, 0.5) is 0 Å². The van der Waals surface area contributed by atoms with Crippen LogP contribution in [0.5, 0.6) is 0 Å². The molecule has 1 unspecified atom stereocenters. The maximum absolute atomic E-state index is 12.4. The Balaban J connectivity index is 1.57. The molecule has 1 aromatic heterocycles.